The Kier molecular flexibility index (Phi) is 13.9. The first-order valence-corrected chi connectivity index (χ1v) is 32.7. The minimum absolute atomic E-state index is 0.701. The Morgan fingerprint density at radius 1 is 0.228 bits per heavy atom. The summed E-state index contributed by atoms with van der Waals surface area (Å²) in [7, 11) is 0. The Morgan fingerprint density at radius 3 is 1.08 bits per heavy atom. The van der Waals surface area contributed by atoms with E-state index in [-0.39, 0.29) is 0 Å². The monoisotopic (exact) mass is 1210 g/mol. The van der Waals surface area contributed by atoms with Gasteiger partial charge in [0.2, 0.25) is 0 Å². The maximum Gasteiger partial charge on any atom is 0.160 e. The highest BCUT2D eigenvalue weighted by Gasteiger charge is 2.20. The summed E-state index contributed by atoms with van der Waals surface area (Å²) in [5.74, 6) is 0.701. The first kappa shape index (κ1) is 54.5. The SMILES string of the molecule is c1ccc(-c2ccc(-c3cc(-c4ccccc4)nc(-c4cccc(-n5c6ccccc6c6c7sccc7ccc65)c4)c3)cc2)cc1.c1ccc(-c2ccc(-c3cc(-c4ccccc4)nc(-c4cccc(-n5c6ccccc6c6c7sccc7ccc65)c4)n3)cc2)cc1. The van der Waals surface area contributed by atoms with Gasteiger partial charge in [-0.05, 0) is 134 Å². The molecule has 0 aliphatic rings. The van der Waals surface area contributed by atoms with E-state index in [1.807, 2.05) is 23.5 Å². The predicted octanol–water partition coefficient (Wildman–Crippen LogP) is 23.5. The maximum atomic E-state index is 5.24. The summed E-state index contributed by atoms with van der Waals surface area (Å²) in [5.41, 5.74) is 23.1. The third-order valence-corrected chi connectivity index (χ3v) is 19.5. The smallest absolute Gasteiger partial charge is 0.160 e. The summed E-state index contributed by atoms with van der Waals surface area (Å²) in [6.07, 6.45) is 0. The van der Waals surface area contributed by atoms with Gasteiger partial charge in [-0.1, -0.05) is 243 Å². The van der Waals surface area contributed by atoms with Gasteiger partial charge in [-0.15, -0.1) is 22.7 Å². The Bertz CT molecular complexity index is 5370. The van der Waals surface area contributed by atoms with Crippen LogP contribution in [0.4, 0.5) is 0 Å². The van der Waals surface area contributed by atoms with Crippen molar-refractivity contribution in [1.29, 1.82) is 0 Å². The Balaban J connectivity index is 0.000000141. The largest absolute Gasteiger partial charge is 0.309 e. The number of thiophene rings is 2. The van der Waals surface area contributed by atoms with Gasteiger partial charge in [-0.3, -0.25) is 0 Å². The normalized spacial score (nSPS) is 11.5. The zero-order valence-electron chi connectivity index (χ0n) is 49.8. The van der Waals surface area contributed by atoms with Gasteiger partial charge in [0.05, 0.1) is 44.8 Å². The molecule has 6 heterocycles. The molecule has 0 radical (unpaired) electrons. The molecule has 18 rings (SSSR count). The summed E-state index contributed by atoms with van der Waals surface area (Å²) in [6.45, 7) is 0. The number of nitrogens with zero attached hydrogens (tertiary/aromatic N) is 5. The van der Waals surface area contributed by atoms with Crippen LogP contribution in [0, 0.1) is 0 Å². The van der Waals surface area contributed by atoms with E-state index in [0.717, 1.165) is 67.5 Å². The number of rotatable bonds is 10. The molecule has 6 aromatic heterocycles. The zero-order chi connectivity index (χ0) is 60.9. The van der Waals surface area contributed by atoms with E-state index in [0.29, 0.717) is 5.82 Å². The molecule has 5 nitrogen and oxygen atoms in total. The number of benzene rings is 12. The van der Waals surface area contributed by atoms with Crippen LogP contribution >= 0.6 is 22.7 Å². The molecular weight excluding hydrogens is 1160 g/mol. The van der Waals surface area contributed by atoms with Crippen LogP contribution in [0.15, 0.2) is 332 Å². The number of hydrogen-bond acceptors (Lipinski definition) is 5. The summed E-state index contributed by atoms with van der Waals surface area (Å²) in [5, 5.41) is 12.1. The van der Waals surface area contributed by atoms with E-state index in [1.54, 1.807) is 11.3 Å². The molecule has 0 aliphatic heterocycles. The molecule has 7 heteroatoms. The average Bonchev–Trinajstić information content (AvgIpc) is 1.61. The van der Waals surface area contributed by atoms with E-state index in [9.17, 15) is 0 Å². The second-order valence-electron chi connectivity index (χ2n) is 23.1. The topological polar surface area (TPSA) is 48.5 Å². The molecule has 92 heavy (non-hydrogen) atoms. The standard InChI is InChI=1S/C43H28N2S.C42H27N3S/c1-3-10-29(11-4-1)30-18-20-31(21-19-30)35-27-38(32-12-5-2-6-13-32)44-39(28-35)34-14-9-15-36(26-34)45-40-17-8-7-16-37(40)42-41(45)23-22-33-24-25-46-43(33)42;1-3-10-28(11-4-1)29-18-20-31(21-19-29)37-27-36(30-12-5-2-6-13-30)43-42(44-37)33-14-9-15-34(26-33)45-38-17-8-7-16-35(38)40-39(45)23-22-32-24-25-46-41(32)40/h1-28H;1-27H. The van der Waals surface area contributed by atoms with Crippen molar-refractivity contribution in [1.82, 2.24) is 24.1 Å². The van der Waals surface area contributed by atoms with Crippen molar-refractivity contribution in [2.24, 2.45) is 0 Å². The molecular formula is C85H55N5S2. The Labute approximate surface area is 540 Å². The van der Waals surface area contributed by atoms with E-state index in [4.69, 9.17) is 15.0 Å². The summed E-state index contributed by atoms with van der Waals surface area (Å²) in [6, 6.07) is 114. The second-order valence-corrected chi connectivity index (χ2v) is 24.9. The van der Waals surface area contributed by atoms with Crippen molar-refractivity contribution in [3.8, 4) is 101 Å². The average molecular weight is 1210 g/mol. The van der Waals surface area contributed by atoms with Gasteiger partial charge >= 0.3 is 0 Å². The molecule has 0 saturated carbocycles. The molecule has 0 amide bonds. The highest BCUT2D eigenvalue weighted by atomic mass is 32.1. The molecule has 432 valence electrons. The summed E-state index contributed by atoms with van der Waals surface area (Å²) >= 11 is 3.62. The summed E-state index contributed by atoms with van der Waals surface area (Å²) in [4.78, 5) is 15.5. The van der Waals surface area contributed by atoms with Crippen molar-refractivity contribution in [2.45, 2.75) is 0 Å². The van der Waals surface area contributed by atoms with E-state index in [1.165, 1.54) is 91.6 Å². The van der Waals surface area contributed by atoms with Crippen LogP contribution in [0.2, 0.25) is 0 Å². The first-order valence-electron chi connectivity index (χ1n) is 30.9. The minimum atomic E-state index is 0.701. The first-order chi connectivity index (χ1) is 45.6. The van der Waals surface area contributed by atoms with E-state index in [2.05, 4.69) is 329 Å². The molecule has 0 bridgehead atoms. The Hall–Kier alpha value is -11.6. The van der Waals surface area contributed by atoms with Gasteiger partial charge in [0.15, 0.2) is 5.82 Å². The lowest BCUT2D eigenvalue weighted by Crippen LogP contribution is -1.98. The Morgan fingerprint density at radius 2 is 0.587 bits per heavy atom. The van der Waals surface area contributed by atoms with Gasteiger partial charge in [-0.25, -0.2) is 15.0 Å². The van der Waals surface area contributed by atoms with Crippen molar-refractivity contribution in [3.63, 3.8) is 0 Å². The van der Waals surface area contributed by atoms with Gasteiger partial charge in [0.25, 0.3) is 0 Å². The van der Waals surface area contributed by atoms with Crippen molar-refractivity contribution in [2.75, 3.05) is 0 Å². The quantitative estimate of drug-likeness (QED) is 0.137. The fourth-order valence-electron chi connectivity index (χ4n) is 13.1. The molecule has 0 atom stereocenters. The predicted molar refractivity (Wildman–Crippen MR) is 389 cm³/mol. The number of fused-ring (bicyclic) bond motifs is 10. The molecule has 12 aromatic carbocycles. The van der Waals surface area contributed by atoms with Crippen LogP contribution in [0.5, 0.6) is 0 Å². The van der Waals surface area contributed by atoms with Crippen LogP contribution in [0.3, 0.4) is 0 Å². The summed E-state index contributed by atoms with van der Waals surface area (Å²) < 4.78 is 7.43. The van der Waals surface area contributed by atoms with Crippen molar-refractivity contribution >= 4 is 86.5 Å². The lowest BCUT2D eigenvalue weighted by molar-refractivity contribution is 1.16. The van der Waals surface area contributed by atoms with Gasteiger partial charge < -0.3 is 9.13 Å². The molecule has 0 spiro atoms. The van der Waals surface area contributed by atoms with Gasteiger partial charge in [-0.2, -0.15) is 0 Å². The van der Waals surface area contributed by atoms with Crippen LogP contribution in [-0.2, 0) is 0 Å². The molecule has 0 N–H and O–H groups in total. The van der Waals surface area contributed by atoms with Crippen LogP contribution in [0.1, 0.15) is 0 Å². The number of para-hydroxylation sites is 2. The fraction of sp³-hybridized carbons (Fsp3) is 0. The number of hydrogen-bond donors (Lipinski definition) is 0. The second kappa shape index (κ2) is 23.4. The maximum absolute atomic E-state index is 5.24. The highest BCUT2D eigenvalue weighted by molar-refractivity contribution is 7.18. The van der Waals surface area contributed by atoms with Crippen LogP contribution in [-0.4, -0.2) is 24.1 Å². The van der Waals surface area contributed by atoms with E-state index >= 15 is 0 Å². The van der Waals surface area contributed by atoms with Crippen LogP contribution in [0.25, 0.3) is 165 Å². The number of pyridine rings is 1. The zero-order valence-corrected chi connectivity index (χ0v) is 51.4. The minimum Gasteiger partial charge on any atom is -0.309 e. The highest BCUT2D eigenvalue weighted by Crippen LogP contribution is 2.42. The molecule has 0 fully saturated rings. The molecule has 18 aromatic rings. The van der Waals surface area contributed by atoms with Gasteiger partial charge in [0, 0.05) is 70.1 Å². The van der Waals surface area contributed by atoms with Crippen molar-refractivity contribution in [3.05, 3.63) is 332 Å². The molecule has 0 saturated heterocycles. The molecule has 0 aliphatic carbocycles. The lowest BCUT2D eigenvalue weighted by atomic mass is 9.97. The lowest BCUT2D eigenvalue weighted by Gasteiger charge is -2.13. The van der Waals surface area contributed by atoms with Crippen LogP contribution < -0.4 is 0 Å². The number of aromatic nitrogens is 5. The third kappa shape index (κ3) is 10.0. The fourth-order valence-corrected chi connectivity index (χ4v) is 15.0. The third-order valence-electron chi connectivity index (χ3n) is 17.6. The van der Waals surface area contributed by atoms with E-state index < -0.39 is 0 Å². The molecule has 0 unspecified atom stereocenters. The van der Waals surface area contributed by atoms with Gasteiger partial charge in [0.1, 0.15) is 0 Å². The van der Waals surface area contributed by atoms with Crippen molar-refractivity contribution < 1.29 is 0 Å².